The second kappa shape index (κ2) is 5.80. The third-order valence-corrected chi connectivity index (χ3v) is 4.02. The molecule has 1 N–H and O–H groups in total. The van der Waals surface area contributed by atoms with Gasteiger partial charge in [0.15, 0.2) is 0 Å². The Kier molecular flexibility index (Phi) is 3.88. The molecule has 3 nitrogen and oxygen atoms in total. The van der Waals surface area contributed by atoms with Crippen LogP contribution in [0.25, 0.3) is 10.9 Å². The molecule has 0 spiro atoms. The Hall–Kier alpha value is -1.61. The van der Waals surface area contributed by atoms with Crippen molar-refractivity contribution < 1.29 is 4.74 Å². The Morgan fingerprint density at radius 1 is 1.35 bits per heavy atom. The first-order valence-electron chi connectivity index (χ1n) is 7.44. The lowest BCUT2D eigenvalue weighted by atomic mass is 9.96. The number of para-hydroxylation sites is 1. The molecule has 2 aromatic rings. The molecule has 3 heteroatoms. The average Bonchev–Trinajstić information content (AvgIpc) is 2.44. The predicted molar refractivity (Wildman–Crippen MR) is 83.1 cm³/mol. The molecule has 0 unspecified atom stereocenters. The molecule has 1 saturated heterocycles. The molecule has 0 bridgehead atoms. The highest BCUT2D eigenvalue weighted by Crippen LogP contribution is 2.25. The summed E-state index contributed by atoms with van der Waals surface area (Å²) in [6, 6.07) is 10.5. The second-order valence-electron chi connectivity index (χ2n) is 5.78. The van der Waals surface area contributed by atoms with Gasteiger partial charge < -0.3 is 10.1 Å². The third-order valence-electron chi connectivity index (χ3n) is 4.02. The van der Waals surface area contributed by atoms with Crippen molar-refractivity contribution in [1.29, 1.82) is 0 Å². The molecule has 0 saturated carbocycles. The highest BCUT2D eigenvalue weighted by molar-refractivity contribution is 5.91. The normalized spacial score (nSPS) is 22.9. The van der Waals surface area contributed by atoms with Crippen LogP contribution >= 0.6 is 0 Å². The van der Waals surface area contributed by atoms with Gasteiger partial charge in [0.1, 0.15) is 0 Å². The highest BCUT2D eigenvalue weighted by Gasteiger charge is 2.19. The van der Waals surface area contributed by atoms with Crippen molar-refractivity contribution in [2.75, 3.05) is 18.5 Å². The van der Waals surface area contributed by atoms with E-state index in [2.05, 4.69) is 41.5 Å². The molecule has 2 heterocycles. The zero-order valence-corrected chi connectivity index (χ0v) is 12.2. The van der Waals surface area contributed by atoms with Crippen molar-refractivity contribution in [3.63, 3.8) is 0 Å². The van der Waals surface area contributed by atoms with Crippen molar-refractivity contribution in [1.82, 2.24) is 4.98 Å². The first kappa shape index (κ1) is 13.4. The van der Waals surface area contributed by atoms with Crippen LogP contribution in [0.1, 0.15) is 25.5 Å². The smallest absolute Gasteiger partial charge is 0.0725 e. The number of nitrogens with zero attached hydrogens (tertiary/aromatic N) is 1. The average molecular weight is 270 g/mol. The molecule has 1 fully saturated rings. The van der Waals surface area contributed by atoms with Gasteiger partial charge in [0.25, 0.3) is 0 Å². The van der Waals surface area contributed by atoms with E-state index in [0.717, 1.165) is 37.2 Å². The summed E-state index contributed by atoms with van der Waals surface area (Å²) in [4.78, 5) is 4.58. The monoisotopic (exact) mass is 270 g/mol. The molecule has 2 atom stereocenters. The molecule has 106 valence electrons. The van der Waals surface area contributed by atoms with Crippen molar-refractivity contribution >= 4 is 16.6 Å². The minimum atomic E-state index is 0.395. The lowest BCUT2D eigenvalue weighted by Crippen LogP contribution is -2.27. The largest absolute Gasteiger partial charge is 0.384 e. The summed E-state index contributed by atoms with van der Waals surface area (Å²) in [5.41, 5.74) is 3.33. The Morgan fingerprint density at radius 2 is 2.20 bits per heavy atom. The van der Waals surface area contributed by atoms with Crippen molar-refractivity contribution in [2.45, 2.75) is 32.8 Å². The maximum absolute atomic E-state index is 5.61. The Morgan fingerprint density at radius 3 is 3.05 bits per heavy atom. The van der Waals surface area contributed by atoms with Gasteiger partial charge in [-0.3, -0.25) is 4.98 Å². The topological polar surface area (TPSA) is 34.1 Å². The van der Waals surface area contributed by atoms with Crippen molar-refractivity contribution in [2.24, 2.45) is 5.92 Å². The van der Waals surface area contributed by atoms with E-state index < -0.39 is 0 Å². The van der Waals surface area contributed by atoms with Crippen LogP contribution in [-0.4, -0.2) is 24.2 Å². The summed E-state index contributed by atoms with van der Waals surface area (Å²) in [6.07, 6.45) is 2.69. The van der Waals surface area contributed by atoms with Crippen LogP contribution in [0.4, 0.5) is 5.69 Å². The van der Waals surface area contributed by atoms with E-state index in [4.69, 9.17) is 4.74 Å². The van der Waals surface area contributed by atoms with Gasteiger partial charge in [-0.05, 0) is 44.7 Å². The van der Waals surface area contributed by atoms with Gasteiger partial charge in [0.05, 0.1) is 11.6 Å². The van der Waals surface area contributed by atoms with E-state index in [9.17, 15) is 0 Å². The molecular weight excluding hydrogens is 248 g/mol. The summed E-state index contributed by atoms with van der Waals surface area (Å²) < 4.78 is 5.61. The number of fused-ring (bicyclic) bond motifs is 1. The molecule has 1 aromatic heterocycles. The SMILES string of the molecule is Cc1cc(NC[C@@H]2CCO[C@@H](C)C2)c2ccccc2n1. The Bertz CT molecular complexity index is 597. The van der Waals surface area contributed by atoms with E-state index in [-0.39, 0.29) is 0 Å². The number of nitrogens with one attached hydrogen (secondary N) is 1. The number of ether oxygens (including phenoxy) is 1. The van der Waals surface area contributed by atoms with E-state index >= 15 is 0 Å². The van der Waals surface area contributed by atoms with Crippen LogP contribution in [0.5, 0.6) is 0 Å². The second-order valence-corrected chi connectivity index (χ2v) is 5.78. The van der Waals surface area contributed by atoms with Gasteiger partial charge in [-0.15, -0.1) is 0 Å². The van der Waals surface area contributed by atoms with Crippen LogP contribution in [0.2, 0.25) is 0 Å². The van der Waals surface area contributed by atoms with Crippen LogP contribution in [-0.2, 0) is 4.74 Å². The van der Waals surface area contributed by atoms with Gasteiger partial charge in [0, 0.05) is 29.9 Å². The van der Waals surface area contributed by atoms with Crippen molar-refractivity contribution in [3.8, 4) is 0 Å². The molecule has 0 radical (unpaired) electrons. The molecule has 0 amide bonds. The molecule has 3 rings (SSSR count). The van der Waals surface area contributed by atoms with E-state index in [1.54, 1.807) is 0 Å². The summed E-state index contributed by atoms with van der Waals surface area (Å²) in [5.74, 6) is 0.700. The zero-order valence-electron chi connectivity index (χ0n) is 12.2. The summed E-state index contributed by atoms with van der Waals surface area (Å²) in [5, 5.41) is 4.83. The molecule has 1 aromatic carbocycles. The number of hydrogen-bond donors (Lipinski definition) is 1. The highest BCUT2D eigenvalue weighted by atomic mass is 16.5. The number of pyridine rings is 1. The lowest BCUT2D eigenvalue weighted by molar-refractivity contribution is 0.00559. The molecule has 0 aliphatic carbocycles. The van der Waals surface area contributed by atoms with Crippen LogP contribution in [0.15, 0.2) is 30.3 Å². The molecule has 1 aliphatic rings. The number of aromatic nitrogens is 1. The molecular formula is C17H22N2O. The van der Waals surface area contributed by atoms with E-state index in [1.165, 1.54) is 11.1 Å². The minimum Gasteiger partial charge on any atom is -0.384 e. The maximum Gasteiger partial charge on any atom is 0.0725 e. The lowest BCUT2D eigenvalue weighted by Gasteiger charge is -2.27. The summed E-state index contributed by atoms with van der Waals surface area (Å²) in [6.45, 7) is 6.12. The number of anilines is 1. The van der Waals surface area contributed by atoms with Gasteiger partial charge >= 0.3 is 0 Å². The fraction of sp³-hybridized carbons (Fsp3) is 0.471. The molecule has 1 aliphatic heterocycles. The van der Waals surface area contributed by atoms with Crippen LogP contribution in [0.3, 0.4) is 0 Å². The van der Waals surface area contributed by atoms with Crippen LogP contribution in [0, 0.1) is 12.8 Å². The van der Waals surface area contributed by atoms with E-state index in [0.29, 0.717) is 12.0 Å². The van der Waals surface area contributed by atoms with Crippen molar-refractivity contribution in [3.05, 3.63) is 36.0 Å². The van der Waals surface area contributed by atoms with Gasteiger partial charge in [-0.1, -0.05) is 18.2 Å². The fourth-order valence-corrected chi connectivity index (χ4v) is 2.98. The Labute approximate surface area is 120 Å². The number of hydrogen-bond acceptors (Lipinski definition) is 3. The quantitative estimate of drug-likeness (QED) is 0.922. The van der Waals surface area contributed by atoms with Crippen LogP contribution < -0.4 is 5.32 Å². The van der Waals surface area contributed by atoms with Gasteiger partial charge in [0.2, 0.25) is 0 Å². The predicted octanol–water partition coefficient (Wildman–Crippen LogP) is 3.77. The first-order valence-corrected chi connectivity index (χ1v) is 7.44. The van der Waals surface area contributed by atoms with Gasteiger partial charge in [-0.2, -0.15) is 0 Å². The summed E-state index contributed by atoms with van der Waals surface area (Å²) in [7, 11) is 0. The minimum absolute atomic E-state index is 0.395. The number of aryl methyl sites for hydroxylation is 1. The number of rotatable bonds is 3. The number of benzene rings is 1. The standard InChI is InChI=1S/C17H22N2O/c1-12-9-17(15-5-3-4-6-16(15)19-12)18-11-14-7-8-20-13(2)10-14/h3-6,9,13-14H,7-8,10-11H2,1-2H3,(H,18,19)/t13-,14+/m0/s1. The maximum atomic E-state index is 5.61. The zero-order chi connectivity index (χ0) is 13.9. The van der Waals surface area contributed by atoms with Gasteiger partial charge in [-0.25, -0.2) is 0 Å². The molecule has 20 heavy (non-hydrogen) atoms. The van der Waals surface area contributed by atoms with E-state index in [1.807, 2.05) is 13.0 Å². The summed E-state index contributed by atoms with van der Waals surface area (Å²) >= 11 is 0. The Balaban J connectivity index is 1.77. The fourth-order valence-electron chi connectivity index (χ4n) is 2.98. The first-order chi connectivity index (χ1) is 9.72. The third kappa shape index (κ3) is 2.93.